The molecule has 1 saturated carbocycles. The van der Waals surface area contributed by atoms with Gasteiger partial charge in [-0.15, -0.1) is 0 Å². The molecule has 2 unspecified atom stereocenters. The maximum Gasteiger partial charge on any atom is 0.125 e. The number of nitrogens with one attached hydrogen (secondary N) is 1. The minimum atomic E-state index is 0.927. The van der Waals surface area contributed by atoms with Gasteiger partial charge in [-0.2, -0.15) is 0 Å². The Morgan fingerprint density at radius 1 is 1.35 bits per heavy atom. The maximum atomic E-state index is 4.36. The van der Waals surface area contributed by atoms with Crippen molar-refractivity contribution in [3.8, 4) is 0 Å². The number of nitrogens with zero attached hydrogens (tertiary/aromatic N) is 1. The highest BCUT2D eigenvalue weighted by atomic mass is 15.0. The van der Waals surface area contributed by atoms with Crippen molar-refractivity contribution in [1.82, 2.24) is 4.98 Å². The fourth-order valence-electron chi connectivity index (χ4n) is 2.80. The van der Waals surface area contributed by atoms with E-state index in [1.165, 1.54) is 37.7 Å². The summed E-state index contributed by atoms with van der Waals surface area (Å²) in [6.45, 7) is 5.52. The predicted octanol–water partition coefficient (Wildman–Crippen LogP) is 4.02. The number of hydrogen-bond acceptors (Lipinski definition) is 2. The quantitative estimate of drug-likeness (QED) is 0.848. The first-order valence-corrected chi connectivity index (χ1v) is 6.90. The van der Waals surface area contributed by atoms with Gasteiger partial charge in [0.15, 0.2) is 0 Å². The predicted molar refractivity (Wildman–Crippen MR) is 73.2 cm³/mol. The molecule has 0 aliphatic heterocycles. The Kier molecular flexibility index (Phi) is 4.41. The first kappa shape index (κ1) is 12.4. The minimum absolute atomic E-state index is 0.927. The van der Waals surface area contributed by atoms with Crippen molar-refractivity contribution in [2.45, 2.75) is 46.0 Å². The van der Waals surface area contributed by atoms with Gasteiger partial charge in [0, 0.05) is 12.7 Å². The maximum absolute atomic E-state index is 4.36. The molecular weight excluding hydrogens is 208 g/mol. The van der Waals surface area contributed by atoms with Crippen LogP contribution in [0.25, 0.3) is 0 Å². The molecule has 1 fully saturated rings. The second-order valence-electron chi connectivity index (χ2n) is 5.57. The number of rotatable bonds is 4. The van der Waals surface area contributed by atoms with E-state index < -0.39 is 0 Å². The molecule has 94 valence electrons. The summed E-state index contributed by atoms with van der Waals surface area (Å²) in [5.41, 5.74) is 1.22. The second-order valence-corrected chi connectivity index (χ2v) is 5.57. The van der Waals surface area contributed by atoms with Crippen LogP contribution in [0.3, 0.4) is 0 Å². The summed E-state index contributed by atoms with van der Waals surface area (Å²) in [4.78, 5) is 4.36. The van der Waals surface area contributed by atoms with Crippen LogP contribution in [0.2, 0.25) is 0 Å². The molecular formula is C15H24N2. The van der Waals surface area contributed by atoms with Gasteiger partial charge in [0.1, 0.15) is 5.82 Å². The third-order valence-corrected chi connectivity index (χ3v) is 3.82. The van der Waals surface area contributed by atoms with Crippen molar-refractivity contribution in [3.63, 3.8) is 0 Å². The van der Waals surface area contributed by atoms with Gasteiger partial charge in [-0.25, -0.2) is 4.98 Å². The molecule has 2 atom stereocenters. The number of anilines is 1. The summed E-state index contributed by atoms with van der Waals surface area (Å²) in [6, 6.07) is 4.18. The smallest absolute Gasteiger partial charge is 0.125 e. The van der Waals surface area contributed by atoms with Gasteiger partial charge in [-0.3, -0.25) is 0 Å². The summed E-state index contributed by atoms with van der Waals surface area (Å²) in [5.74, 6) is 2.88. The van der Waals surface area contributed by atoms with Crippen molar-refractivity contribution in [2.75, 3.05) is 11.9 Å². The van der Waals surface area contributed by atoms with E-state index in [0.717, 1.165) is 24.2 Å². The molecule has 0 spiro atoms. The molecule has 1 aromatic heterocycles. The molecule has 2 nitrogen and oxygen atoms in total. The van der Waals surface area contributed by atoms with Gasteiger partial charge in [-0.1, -0.05) is 32.3 Å². The highest BCUT2D eigenvalue weighted by molar-refractivity contribution is 5.34. The SMILES string of the molecule is Cc1ccc(NCCC2CCCC(C)C2)nc1. The van der Waals surface area contributed by atoms with E-state index in [-0.39, 0.29) is 0 Å². The molecule has 1 aromatic rings. The average Bonchev–Trinajstić information content (AvgIpc) is 2.32. The number of aromatic nitrogens is 1. The third kappa shape index (κ3) is 4.03. The minimum Gasteiger partial charge on any atom is -0.370 e. The summed E-state index contributed by atoms with van der Waals surface area (Å²) in [7, 11) is 0. The average molecular weight is 232 g/mol. The molecule has 1 aliphatic rings. The van der Waals surface area contributed by atoms with Crippen LogP contribution in [0.5, 0.6) is 0 Å². The van der Waals surface area contributed by atoms with Crippen LogP contribution in [0, 0.1) is 18.8 Å². The van der Waals surface area contributed by atoms with Crippen LogP contribution < -0.4 is 5.32 Å². The highest BCUT2D eigenvalue weighted by Gasteiger charge is 2.18. The van der Waals surface area contributed by atoms with Crippen LogP contribution in [-0.4, -0.2) is 11.5 Å². The molecule has 0 bridgehead atoms. The van der Waals surface area contributed by atoms with Crippen molar-refractivity contribution in [1.29, 1.82) is 0 Å². The lowest BCUT2D eigenvalue weighted by atomic mass is 9.81. The lowest BCUT2D eigenvalue weighted by molar-refractivity contribution is 0.274. The molecule has 0 radical (unpaired) electrons. The topological polar surface area (TPSA) is 24.9 Å². The van der Waals surface area contributed by atoms with Crippen LogP contribution in [-0.2, 0) is 0 Å². The van der Waals surface area contributed by atoms with Crippen molar-refractivity contribution >= 4 is 5.82 Å². The van der Waals surface area contributed by atoms with Crippen molar-refractivity contribution in [2.24, 2.45) is 11.8 Å². The standard InChI is InChI=1S/C15H24N2/c1-12-4-3-5-14(10-12)8-9-16-15-7-6-13(2)11-17-15/h6-7,11-12,14H,3-5,8-10H2,1-2H3,(H,16,17). The van der Waals surface area contributed by atoms with E-state index in [1.807, 2.05) is 6.20 Å². The molecule has 0 saturated heterocycles. The summed E-state index contributed by atoms with van der Waals surface area (Å²) in [5, 5.41) is 3.42. The first-order chi connectivity index (χ1) is 8.24. The molecule has 2 heteroatoms. The van der Waals surface area contributed by atoms with Crippen LogP contribution >= 0.6 is 0 Å². The van der Waals surface area contributed by atoms with Gasteiger partial charge < -0.3 is 5.32 Å². The lowest BCUT2D eigenvalue weighted by Crippen LogP contribution is -2.16. The molecule has 17 heavy (non-hydrogen) atoms. The summed E-state index contributed by atoms with van der Waals surface area (Å²) >= 11 is 0. The fraction of sp³-hybridized carbons (Fsp3) is 0.667. The Labute approximate surface area is 105 Å². The van der Waals surface area contributed by atoms with E-state index >= 15 is 0 Å². The molecule has 1 N–H and O–H groups in total. The van der Waals surface area contributed by atoms with Gasteiger partial charge in [-0.05, 0) is 43.2 Å². The zero-order valence-electron chi connectivity index (χ0n) is 11.1. The lowest BCUT2D eigenvalue weighted by Gasteiger charge is -2.26. The number of pyridine rings is 1. The molecule has 0 aromatic carbocycles. The van der Waals surface area contributed by atoms with Gasteiger partial charge >= 0.3 is 0 Å². The second kappa shape index (κ2) is 6.04. The van der Waals surface area contributed by atoms with Crippen LogP contribution in [0.4, 0.5) is 5.82 Å². The molecule has 1 heterocycles. The highest BCUT2D eigenvalue weighted by Crippen LogP contribution is 2.30. The number of hydrogen-bond donors (Lipinski definition) is 1. The van der Waals surface area contributed by atoms with Crippen LogP contribution in [0.15, 0.2) is 18.3 Å². The largest absolute Gasteiger partial charge is 0.370 e. The Balaban J connectivity index is 1.70. The zero-order valence-corrected chi connectivity index (χ0v) is 11.1. The molecule has 2 rings (SSSR count). The van der Waals surface area contributed by atoms with E-state index in [9.17, 15) is 0 Å². The van der Waals surface area contributed by atoms with Crippen LogP contribution in [0.1, 0.15) is 44.6 Å². The Morgan fingerprint density at radius 2 is 2.24 bits per heavy atom. The number of aryl methyl sites for hydroxylation is 1. The normalized spacial score (nSPS) is 24.6. The summed E-state index contributed by atoms with van der Waals surface area (Å²) in [6.07, 6.45) is 8.92. The molecule has 1 aliphatic carbocycles. The van der Waals surface area contributed by atoms with Gasteiger partial charge in [0.05, 0.1) is 0 Å². The Morgan fingerprint density at radius 3 is 2.94 bits per heavy atom. The Hall–Kier alpha value is -1.05. The molecule has 0 amide bonds. The van der Waals surface area contributed by atoms with Crippen molar-refractivity contribution < 1.29 is 0 Å². The van der Waals surface area contributed by atoms with E-state index in [4.69, 9.17) is 0 Å². The first-order valence-electron chi connectivity index (χ1n) is 6.90. The van der Waals surface area contributed by atoms with E-state index in [0.29, 0.717) is 0 Å². The van der Waals surface area contributed by atoms with E-state index in [2.05, 4.69) is 36.3 Å². The van der Waals surface area contributed by atoms with E-state index in [1.54, 1.807) is 0 Å². The van der Waals surface area contributed by atoms with Gasteiger partial charge in [0.25, 0.3) is 0 Å². The Bertz CT molecular complexity index is 331. The summed E-state index contributed by atoms with van der Waals surface area (Å²) < 4.78 is 0. The third-order valence-electron chi connectivity index (χ3n) is 3.82. The van der Waals surface area contributed by atoms with Gasteiger partial charge in [0.2, 0.25) is 0 Å². The fourth-order valence-corrected chi connectivity index (χ4v) is 2.80. The monoisotopic (exact) mass is 232 g/mol. The zero-order chi connectivity index (χ0) is 12.1. The van der Waals surface area contributed by atoms with Crippen molar-refractivity contribution in [3.05, 3.63) is 23.9 Å².